The van der Waals surface area contributed by atoms with Crippen LogP contribution in [0.1, 0.15) is 220 Å². The van der Waals surface area contributed by atoms with Gasteiger partial charge in [-0.3, -0.25) is 9.59 Å². The predicted octanol–water partition coefficient (Wildman–Crippen LogP) is 14.8. The summed E-state index contributed by atoms with van der Waals surface area (Å²) in [6.45, 7) is 6.29. The summed E-state index contributed by atoms with van der Waals surface area (Å²) in [5, 5.41) is 23.7. The Hall–Kier alpha value is -2.96. The van der Waals surface area contributed by atoms with Gasteiger partial charge in [-0.1, -0.05) is 221 Å². The summed E-state index contributed by atoms with van der Waals surface area (Å²) < 4.78 is 5.90. The molecule has 1 amide bonds. The Morgan fingerprint density at radius 2 is 0.900 bits per heavy atom. The fourth-order valence-electron chi connectivity index (χ4n) is 7.09. The Bertz CT molecular complexity index is 1160. The summed E-state index contributed by atoms with van der Waals surface area (Å²) in [6.07, 6.45) is 60.6. The molecule has 0 bridgehead atoms. The fraction of sp³-hybridized carbons (Fsp3) is 0.704. The molecule has 6 nitrogen and oxygen atoms in total. The number of hydrogen-bond acceptors (Lipinski definition) is 5. The number of nitrogens with one attached hydrogen (secondary N) is 1. The molecule has 0 aromatic rings. The summed E-state index contributed by atoms with van der Waals surface area (Å²) in [5.74, 6) is -0.541. The van der Waals surface area contributed by atoms with Crippen LogP contribution in [0.2, 0.25) is 0 Å². The van der Waals surface area contributed by atoms with Crippen LogP contribution in [0.15, 0.2) is 85.1 Å². The van der Waals surface area contributed by atoms with E-state index in [1.54, 1.807) is 0 Å². The summed E-state index contributed by atoms with van der Waals surface area (Å²) in [4.78, 5) is 26.1. The van der Waals surface area contributed by atoms with Crippen molar-refractivity contribution in [2.75, 3.05) is 6.61 Å². The first kappa shape index (κ1) is 57.0. The zero-order valence-electron chi connectivity index (χ0n) is 39.1. The summed E-state index contributed by atoms with van der Waals surface area (Å²) in [7, 11) is 0. The van der Waals surface area contributed by atoms with E-state index in [1.807, 2.05) is 18.2 Å². The van der Waals surface area contributed by atoms with Crippen molar-refractivity contribution in [1.82, 2.24) is 5.32 Å². The molecule has 344 valence electrons. The molecule has 0 spiro atoms. The fourth-order valence-corrected chi connectivity index (χ4v) is 7.09. The highest BCUT2D eigenvalue weighted by molar-refractivity contribution is 5.77. The number of rotatable bonds is 43. The maximum atomic E-state index is 13.2. The molecule has 0 aromatic carbocycles. The van der Waals surface area contributed by atoms with Gasteiger partial charge in [-0.05, 0) is 70.6 Å². The summed E-state index contributed by atoms with van der Waals surface area (Å²) in [6, 6.07) is -0.721. The van der Waals surface area contributed by atoms with E-state index in [4.69, 9.17) is 4.74 Å². The first-order chi connectivity index (χ1) is 29.5. The molecule has 6 heteroatoms. The van der Waals surface area contributed by atoms with Gasteiger partial charge in [0.1, 0.15) is 6.10 Å². The standard InChI is InChI=1S/C54H93NO5/c1-4-7-10-13-16-19-22-24-26-28-29-31-33-36-39-42-45-50(60-54(59)47-44-41-38-35-32-30-27-25-23-20-17-14-11-8-5-2)48-53(58)55-51(49-56)52(57)46-43-40-37-34-21-18-15-12-9-6-3/h8,11,14,17,20,22-29,31,50-52,56-57H,4-7,9-10,12-13,15-16,18-19,21,30,32-49H2,1-3H3,(H,55,58)/b11-8+,17-14+,23-20+,24-22+,27-25-,28-26+,31-29+. The third-order valence-corrected chi connectivity index (χ3v) is 10.9. The predicted molar refractivity (Wildman–Crippen MR) is 259 cm³/mol. The molecule has 3 atom stereocenters. The summed E-state index contributed by atoms with van der Waals surface area (Å²) >= 11 is 0. The van der Waals surface area contributed by atoms with E-state index in [2.05, 4.69) is 92.9 Å². The number of hydrogen-bond donors (Lipinski definition) is 3. The maximum Gasteiger partial charge on any atom is 0.306 e. The molecule has 0 saturated heterocycles. The number of ether oxygens (including phenoxy) is 1. The highest BCUT2D eigenvalue weighted by atomic mass is 16.5. The van der Waals surface area contributed by atoms with Gasteiger partial charge in [0, 0.05) is 6.42 Å². The van der Waals surface area contributed by atoms with E-state index in [0.29, 0.717) is 19.3 Å². The molecule has 60 heavy (non-hydrogen) atoms. The summed E-state index contributed by atoms with van der Waals surface area (Å²) in [5.41, 5.74) is 0. The van der Waals surface area contributed by atoms with Gasteiger partial charge in [-0.2, -0.15) is 0 Å². The van der Waals surface area contributed by atoms with Crippen LogP contribution in [0.25, 0.3) is 0 Å². The van der Waals surface area contributed by atoms with E-state index >= 15 is 0 Å². The normalized spacial score (nSPS) is 14.0. The largest absolute Gasteiger partial charge is 0.462 e. The lowest BCUT2D eigenvalue weighted by Crippen LogP contribution is -2.46. The lowest BCUT2D eigenvalue weighted by atomic mass is 10.0. The number of carbonyl (C=O) groups is 2. The minimum absolute atomic E-state index is 0.0407. The number of aliphatic hydroxyl groups excluding tert-OH is 2. The number of aliphatic hydroxyl groups is 2. The van der Waals surface area contributed by atoms with Crippen LogP contribution in [-0.2, 0) is 14.3 Å². The van der Waals surface area contributed by atoms with Crippen molar-refractivity contribution in [2.45, 2.75) is 238 Å². The second-order valence-electron chi connectivity index (χ2n) is 16.6. The monoisotopic (exact) mass is 836 g/mol. The van der Waals surface area contributed by atoms with Gasteiger partial charge in [0.15, 0.2) is 0 Å². The van der Waals surface area contributed by atoms with E-state index in [1.165, 1.54) is 77.0 Å². The molecule has 0 rings (SSSR count). The molecule has 0 aliphatic rings. The van der Waals surface area contributed by atoms with Crippen molar-refractivity contribution >= 4 is 11.9 Å². The number of amides is 1. The molecular weight excluding hydrogens is 743 g/mol. The van der Waals surface area contributed by atoms with Gasteiger partial charge in [0.05, 0.1) is 25.2 Å². The number of unbranched alkanes of at least 4 members (excludes halogenated alkanes) is 22. The smallest absolute Gasteiger partial charge is 0.306 e. The first-order valence-electron chi connectivity index (χ1n) is 24.9. The molecular formula is C54H93NO5. The van der Waals surface area contributed by atoms with Crippen molar-refractivity contribution in [3.8, 4) is 0 Å². The lowest BCUT2D eigenvalue weighted by Gasteiger charge is -2.24. The topological polar surface area (TPSA) is 95.9 Å². The van der Waals surface area contributed by atoms with Gasteiger partial charge in [0.25, 0.3) is 0 Å². The van der Waals surface area contributed by atoms with Crippen LogP contribution in [0, 0.1) is 0 Å². The zero-order chi connectivity index (χ0) is 43.8. The molecule has 0 fully saturated rings. The Morgan fingerprint density at radius 3 is 1.38 bits per heavy atom. The van der Waals surface area contributed by atoms with Crippen LogP contribution < -0.4 is 5.32 Å². The number of esters is 1. The van der Waals surface area contributed by atoms with Crippen LogP contribution in [0.4, 0.5) is 0 Å². The SMILES string of the molecule is CC/C=C/C=C/C=C/C=C\CCCCCCCC(=O)OC(CCCCC/C=C/C=C/C=C/CCCCCCC)CC(=O)NC(CO)C(O)CCCCCCCCCCCC. The van der Waals surface area contributed by atoms with E-state index in [9.17, 15) is 19.8 Å². The Balaban J connectivity index is 4.74. The molecule has 3 N–H and O–H groups in total. The van der Waals surface area contributed by atoms with E-state index in [0.717, 1.165) is 96.3 Å². The maximum absolute atomic E-state index is 13.2. The van der Waals surface area contributed by atoms with Crippen molar-refractivity contribution in [3.63, 3.8) is 0 Å². The molecule has 3 unspecified atom stereocenters. The zero-order valence-corrected chi connectivity index (χ0v) is 39.1. The Labute approximate surface area is 370 Å². The van der Waals surface area contributed by atoms with Crippen molar-refractivity contribution < 1.29 is 24.5 Å². The molecule has 0 heterocycles. The molecule has 0 saturated carbocycles. The van der Waals surface area contributed by atoms with Crippen LogP contribution in [0.5, 0.6) is 0 Å². The Morgan fingerprint density at radius 1 is 0.500 bits per heavy atom. The lowest BCUT2D eigenvalue weighted by molar-refractivity contribution is -0.151. The van der Waals surface area contributed by atoms with Gasteiger partial charge in [-0.15, -0.1) is 0 Å². The highest BCUT2D eigenvalue weighted by Crippen LogP contribution is 2.17. The average molecular weight is 836 g/mol. The van der Waals surface area contributed by atoms with Crippen LogP contribution in [0.3, 0.4) is 0 Å². The molecule has 0 aliphatic carbocycles. The van der Waals surface area contributed by atoms with Crippen molar-refractivity contribution in [1.29, 1.82) is 0 Å². The van der Waals surface area contributed by atoms with Gasteiger partial charge in [-0.25, -0.2) is 0 Å². The van der Waals surface area contributed by atoms with Crippen molar-refractivity contribution in [3.05, 3.63) is 85.1 Å². The first-order valence-corrected chi connectivity index (χ1v) is 24.9. The number of allylic oxidation sites excluding steroid dienone is 14. The van der Waals surface area contributed by atoms with E-state index < -0.39 is 18.2 Å². The second-order valence-corrected chi connectivity index (χ2v) is 16.6. The molecule has 0 radical (unpaired) electrons. The quantitative estimate of drug-likeness (QED) is 0.0323. The average Bonchev–Trinajstić information content (AvgIpc) is 3.24. The third-order valence-electron chi connectivity index (χ3n) is 10.9. The van der Waals surface area contributed by atoms with Crippen LogP contribution in [-0.4, -0.2) is 46.9 Å². The highest BCUT2D eigenvalue weighted by Gasteiger charge is 2.24. The molecule has 0 aromatic heterocycles. The van der Waals surface area contributed by atoms with Gasteiger partial charge >= 0.3 is 5.97 Å². The number of carbonyl (C=O) groups excluding carboxylic acids is 2. The third kappa shape index (κ3) is 41.8. The van der Waals surface area contributed by atoms with Crippen LogP contribution >= 0.6 is 0 Å². The minimum atomic E-state index is -0.804. The van der Waals surface area contributed by atoms with Gasteiger partial charge in [0.2, 0.25) is 5.91 Å². The Kier molecular flexibility index (Phi) is 44.8. The van der Waals surface area contributed by atoms with Crippen molar-refractivity contribution in [2.24, 2.45) is 0 Å². The molecule has 0 aliphatic heterocycles. The van der Waals surface area contributed by atoms with E-state index in [-0.39, 0.29) is 24.9 Å². The minimum Gasteiger partial charge on any atom is -0.462 e. The second kappa shape index (κ2) is 47.1. The van der Waals surface area contributed by atoms with Gasteiger partial charge < -0.3 is 20.3 Å².